The maximum Gasteiger partial charge on any atom is 0.149 e. The Kier molecular flexibility index (Phi) is 3.23. The molecule has 0 radical (unpaired) electrons. The standard InChI is InChI=1S/C17H17N3/c1-2-13-4-6-14(7-5-13)15-8-11-19-16(20-15)17(12-18)9-3-10-17/h4-8,11H,2-3,9-10H2,1H3. The maximum atomic E-state index is 9.39. The van der Waals surface area contributed by atoms with Crippen LogP contribution < -0.4 is 0 Å². The molecule has 0 amide bonds. The van der Waals surface area contributed by atoms with Crippen LogP contribution in [-0.4, -0.2) is 9.97 Å². The van der Waals surface area contributed by atoms with Crippen LogP contribution in [0.3, 0.4) is 0 Å². The van der Waals surface area contributed by atoms with E-state index in [0.717, 1.165) is 36.9 Å². The molecule has 20 heavy (non-hydrogen) atoms. The number of hydrogen-bond donors (Lipinski definition) is 0. The first-order valence-corrected chi connectivity index (χ1v) is 7.11. The summed E-state index contributed by atoms with van der Waals surface area (Å²) in [4.78, 5) is 8.96. The van der Waals surface area contributed by atoms with Crippen molar-refractivity contribution in [3.05, 3.63) is 47.9 Å². The van der Waals surface area contributed by atoms with Gasteiger partial charge in [0, 0.05) is 11.8 Å². The molecule has 1 aliphatic rings. The number of nitriles is 1. The molecule has 0 unspecified atom stereocenters. The average molecular weight is 263 g/mol. The Bertz CT molecular complexity index is 649. The number of nitrogens with zero attached hydrogens (tertiary/aromatic N) is 3. The fourth-order valence-electron chi connectivity index (χ4n) is 2.58. The first-order chi connectivity index (χ1) is 9.77. The van der Waals surface area contributed by atoms with E-state index in [0.29, 0.717) is 5.82 Å². The van der Waals surface area contributed by atoms with E-state index in [2.05, 4.69) is 47.2 Å². The molecule has 1 heterocycles. The number of aryl methyl sites for hydroxylation is 1. The lowest BCUT2D eigenvalue weighted by atomic mass is 9.69. The van der Waals surface area contributed by atoms with Crippen LogP contribution in [0.25, 0.3) is 11.3 Å². The lowest BCUT2D eigenvalue weighted by Gasteiger charge is -2.33. The van der Waals surface area contributed by atoms with Gasteiger partial charge in [0.2, 0.25) is 0 Å². The average Bonchev–Trinajstić information content (AvgIpc) is 2.47. The molecule has 2 aromatic rings. The van der Waals surface area contributed by atoms with E-state index >= 15 is 0 Å². The van der Waals surface area contributed by atoms with Crippen molar-refractivity contribution in [3.63, 3.8) is 0 Å². The highest BCUT2D eigenvalue weighted by Gasteiger charge is 2.41. The van der Waals surface area contributed by atoms with Crippen LogP contribution in [0.15, 0.2) is 36.5 Å². The first kappa shape index (κ1) is 12.8. The Morgan fingerprint density at radius 2 is 1.95 bits per heavy atom. The highest BCUT2D eigenvalue weighted by Crippen LogP contribution is 2.41. The summed E-state index contributed by atoms with van der Waals surface area (Å²) in [5.74, 6) is 0.684. The molecular weight excluding hydrogens is 246 g/mol. The van der Waals surface area contributed by atoms with Crippen molar-refractivity contribution in [3.8, 4) is 17.3 Å². The smallest absolute Gasteiger partial charge is 0.149 e. The lowest BCUT2D eigenvalue weighted by Crippen LogP contribution is -2.34. The second-order valence-electron chi connectivity index (χ2n) is 5.36. The highest BCUT2D eigenvalue weighted by molar-refractivity contribution is 5.59. The molecule has 1 fully saturated rings. The van der Waals surface area contributed by atoms with E-state index in [4.69, 9.17) is 0 Å². The number of aromatic nitrogens is 2. The second kappa shape index (κ2) is 5.05. The molecule has 100 valence electrons. The van der Waals surface area contributed by atoms with E-state index in [1.165, 1.54) is 5.56 Å². The third-order valence-corrected chi connectivity index (χ3v) is 4.16. The highest BCUT2D eigenvalue weighted by atomic mass is 14.9. The van der Waals surface area contributed by atoms with Gasteiger partial charge in [-0.15, -0.1) is 0 Å². The van der Waals surface area contributed by atoms with Gasteiger partial charge in [-0.2, -0.15) is 5.26 Å². The Balaban J connectivity index is 1.96. The largest absolute Gasteiger partial charge is 0.240 e. The topological polar surface area (TPSA) is 49.6 Å². The predicted molar refractivity (Wildman–Crippen MR) is 78.0 cm³/mol. The molecule has 1 saturated carbocycles. The predicted octanol–water partition coefficient (Wildman–Crippen LogP) is 3.65. The third-order valence-electron chi connectivity index (χ3n) is 4.16. The van der Waals surface area contributed by atoms with Crippen molar-refractivity contribution in [2.45, 2.75) is 38.0 Å². The molecule has 0 spiro atoms. The molecule has 1 aromatic heterocycles. The number of hydrogen-bond acceptors (Lipinski definition) is 3. The molecule has 0 bridgehead atoms. The SMILES string of the molecule is CCc1ccc(-c2ccnc(C3(C#N)CCC3)n2)cc1. The summed E-state index contributed by atoms with van der Waals surface area (Å²) in [5.41, 5.74) is 2.85. The Morgan fingerprint density at radius 3 is 2.50 bits per heavy atom. The summed E-state index contributed by atoms with van der Waals surface area (Å²) in [6.45, 7) is 2.14. The van der Waals surface area contributed by atoms with Gasteiger partial charge in [-0.25, -0.2) is 9.97 Å². The van der Waals surface area contributed by atoms with Crippen LogP contribution in [0, 0.1) is 11.3 Å². The minimum atomic E-state index is -0.445. The Labute approximate surface area is 119 Å². The molecule has 3 rings (SSSR count). The zero-order chi connectivity index (χ0) is 14.0. The molecule has 0 N–H and O–H groups in total. The van der Waals surface area contributed by atoms with E-state index < -0.39 is 5.41 Å². The zero-order valence-electron chi connectivity index (χ0n) is 11.6. The molecule has 3 heteroatoms. The minimum absolute atomic E-state index is 0.445. The molecule has 3 nitrogen and oxygen atoms in total. The Hall–Kier alpha value is -2.21. The van der Waals surface area contributed by atoms with Gasteiger partial charge in [-0.05, 0) is 37.3 Å². The number of rotatable bonds is 3. The lowest BCUT2D eigenvalue weighted by molar-refractivity contribution is 0.307. The van der Waals surface area contributed by atoms with Gasteiger partial charge in [0.1, 0.15) is 11.2 Å². The van der Waals surface area contributed by atoms with E-state index in [1.54, 1.807) is 6.20 Å². The van der Waals surface area contributed by atoms with Crippen LogP contribution in [-0.2, 0) is 11.8 Å². The quantitative estimate of drug-likeness (QED) is 0.849. The van der Waals surface area contributed by atoms with Gasteiger partial charge in [0.15, 0.2) is 0 Å². The van der Waals surface area contributed by atoms with Crippen molar-refractivity contribution < 1.29 is 0 Å². The molecule has 1 aliphatic carbocycles. The van der Waals surface area contributed by atoms with Crippen LogP contribution in [0.2, 0.25) is 0 Å². The van der Waals surface area contributed by atoms with Crippen molar-refractivity contribution in [1.29, 1.82) is 5.26 Å². The van der Waals surface area contributed by atoms with Gasteiger partial charge in [0.25, 0.3) is 0 Å². The summed E-state index contributed by atoms with van der Waals surface area (Å²) >= 11 is 0. The third kappa shape index (κ3) is 2.08. The van der Waals surface area contributed by atoms with Crippen LogP contribution in [0.5, 0.6) is 0 Å². The summed E-state index contributed by atoms with van der Waals surface area (Å²) in [7, 11) is 0. The normalized spacial score (nSPS) is 16.2. The van der Waals surface area contributed by atoms with E-state index in [1.807, 2.05) is 6.07 Å². The van der Waals surface area contributed by atoms with Gasteiger partial charge < -0.3 is 0 Å². The fourth-order valence-corrected chi connectivity index (χ4v) is 2.58. The summed E-state index contributed by atoms with van der Waals surface area (Å²) < 4.78 is 0. The second-order valence-corrected chi connectivity index (χ2v) is 5.36. The van der Waals surface area contributed by atoms with Gasteiger partial charge in [-0.1, -0.05) is 31.2 Å². The Morgan fingerprint density at radius 1 is 1.20 bits per heavy atom. The van der Waals surface area contributed by atoms with Crippen molar-refractivity contribution in [2.24, 2.45) is 0 Å². The van der Waals surface area contributed by atoms with E-state index in [9.17, 15) is 5.26 Å². The van der Waals surface area contributed by atoms with Crippen molar-refractivity contribution in [1.82, 2.24) is 9.97 Å². The molecule has 0 aliphatic heterocycles. The first-order valence-electron chi connectivity index (χ1n) is 7.11. The zero-order valence-corrected chi connectivity index (χ0v) is 11.6. The summed E-state index contributed by atoms with van der Waals surface area (Å²) in [6.07, 6.45) is 5.64. The fraction of sp³-hybridized carbons (Fsp3) is 0.353. The van der Waals surface area contributed by atoms with Crippen LogP contribution in [0.4, 0.5) is 0 Å². The molecule has 0 saturated heterocycles. The summed E-state index contributed by atoms with van der Waals surface area (Å²) in [6, 6.07) is 12.7. The van der Waals surface area contributed by atoms with Crippen molar-refractivity contribution >= 4 is 0 Å². The minimum Gasteiger partial charge on any atom is -0.240 e. The maximum absolute atomic E-state index is 9.39. The van der Waals surface area contributed by atoms with Crippen LogP contribution in [0.1, 0.15) is 37.6 Å². The van der Waals surface area contributed by atoms with Crippen LogP contribution >= 0.6 is 0 Å². The molecule has 1 aromatic carbocycles. The van der Waals surface area contributed by atoms with Gasteiger partial charge in [0.05, 0.1) is 11.8 Å². The molecule has 0 atom stereocenters. The van der Waals surface area contributed by atoms with E-state index in [-0.39, 0.29) is 0 Å². The van der Waals surface area contributed by atoms with Gasteiger partial charge in [-0.3, -0.25) is 0 Å². The summed E-state index contributed by atoms with van der Waals surface area (Å²) in [5, 5.41) is 9.39. The van der Waals surface area contributed by atoms with Crippen molar-refractivity contribution in [2.75, 3.05) is 0 Å². The monoisotopic (exact) mass is 263 g/mol. The van der Waals surface area contributed by atoms with Gasteiger partial charge >= 0.3 is 0 Å². The molecular formula is C17H17N3. The number of benzene rings is 1.